The molecule has 6 nitrogen and oxygen atoms in total. The Bertz CT molecular complexity index is 473. The van der Waals surface area contributed by atoms with Crippen LogP contribution in [0.3, 0.4) is 0 Å². The van der Waals surface area contributed by atoms with Crippen LogP contribution in [0, 0.1) is 0 Å². The fourth-order valence-corrected chi connectivity index (χ4v) is 2.09. The number of carboxylic acids is 1. The molecule has 1 aliphatic heterocycles. The van der Waals surface area contributed by atoms with Crippen LogP contribution < -0.4 is 10.5 Å². The van der Waals surface area contributed by atoms with Crippen LogP contribution in [0.25, 0.3) is 0 Å². The molecule has 16 heavy (non-hydrogen) atoms. The molecule has 0 bridgehead atoms. The number of anilines is 1. The number of halogens is 1. The lowest BCUT2D eigenvalue weighted by molar-refractivity contribution is -0.138. The van der Waals surface area contributed by atoms with Crippen molar-refractivity contribution < 1.29 is 9.90 Å². The van der Waals surface area contributed by atoms with E-state index in [1.54, 1.807) is 4.90 Å². The number of aromatic amines is 1. The molecule has 0 amide bonds. The molecule has 1 aliphatic rings. The highest BCUT2D eigenvalue weighted by atomic mass is 35.5. The van der Waals surface area contributed by atoms with Gasteiger partial charge in [0.25, 0.3) is 5.56 Å². The van der Waals surface area contributed by atoms with Crippen molar-refractivity contribution in [1.29, 1.82) is 0 Å². The van der Waals surface area contributed by atoms with Crippen molar-refractivity contribution in [3.05, 3.63) is 21.6 Å². The number of carbonyl (C=O) groups is 1. The fraction of sp³-hybridized carbons (Fsp3) is 0.444. The molecule has 0 radical (unpaired) electrons. The van der Waals surface area contributed by atoms with Gasteiger partial charge in [-0.25, -0.2) is 9.89 Å². The standard InChI is InChI=1S/C9H10ClN3O3/c10-7-6(4-11-12-8(7)14)13-3-1-2-5(13)9(15)16/h4-5H,1-3H2,(H,12,14)(H,15,16)/t5-/m0/s1. The highest BCUT2D eigenvalue weighted by Crippen LogP contribution is 2.28. The first-order valence-electron chi connectivity index (χ1n) is 4.84. The van der Waals surface area contributed by atoms with Gasteiger partial charge in [0, 0.05) is 6.54 Å². The lowest BCUT2D eigenvalue weighted by Crippen LogP contribution is -2.37. The first-order chi connectivity index (χ1) is 7.61. The van der Waals surface area contributed by atoms with Gasteiger partial charge >= 0.3 is 5.97 Å². The molecule has 7 heteroatoms. The van der Waals surface area contributed by atoms with Crippen molar-refractivity contribution in [1.82, 2.24) is 10.2 Å². The Kier molecular flexibility index (Phi) is 2.82. The Labute approximate surface area is 95.8 Å². The third kappa shape index (κ3) is 1.76. The first kappa shape index (κ1) is 10.9. The fourth-order valence-electron chi connectivity index (χ4n) is 1.89. The van der Waals surface area contributed by atoms with E-state index < -0.39 is 17.6 Å². The van der Waals surface area contributed by atoms with Gasteiger partial charge in [-0.1, -0.05) is 11.6 Å². The van der Waals surface area contributed by atoms with Crippen LogP contribution in [0.4, 0.5) is 5.69 Å². The van der Waals surface area contributed by atoms with E-state index in [9.17, 15) is 9.59 Å². The Morgan fingerprint density at radius 1 is 1.69 bits per heavy atom. The van der Waals surface area contributed by atoms with Gasteiger partial charge in [-0.05, 0) is 12.8 Å². The summed E-state index contributed by atoms with van der Waals surface area (Å²) in [5.41, 5.74) is -0.120. The minimum Gasteiger partial charge on any atom is -0.480 e. The molecule has 2 heterocycles. The summed E-state index contributed by atoms with van der Waals surface area (Å²) in [5, 5.41) is 14.8. The van der Waals surface area contributed by atoms with Gasteiger partial charge in [0.05, 0.1) is 11.9 Å². The van der Waals surface area contributed by atoms with Crippen LogP contribution in [0.15, 0.2) is 11.0 Å². The molecule has 86 valence electrons. The van der Waals surface area contributed by atoms with Crippen molar-refractivity contribution in [3.8, 4) is 0 Å². The predicted molar refractivity (Wildman–Crippen MR) is 57.9 cm³/mol. The van der Waals surface area contributed by atoms with Gasteiger partial charge in [-0.3, -0.25) is 4.79 Å². The molecular formula is C9H10ClN3O3. The number of H-pyrrole nitrogens is 1. The van der Waals surface area contributed by atoms with E-state index in [4.69, 9.17) is 16.7 Å². The maximum atomic E-state index is 11.2. The van der Waals surface area contributed by atoms with Gasteiger partial charge < -0.3 is 10.0 Å². The van der Waals surface area contributed by atoms with Crippen LogP contribution in [0.2, 0.25) is 5.02 Å². The summed E-state index contributed by atoms with van der Waals surface area (Å²) in [4.78, 5) is 23.8. The monoisotopic (exact) mass is 243 g/mol. The molecule has 1 fully saturated rings. The van der Waals surface area contributed by atoms with Crippen LogP contribution in [0.5, 0.6) is 0 Å². The van der Waals surface area contributed by atoms with Gasteiger partial charge in [-0.2, -0.15) is 5.10 Å². The molecule has 0 spiro atoms. The number of aliphatic carboxylic acids is 1. The summed E-state index contributed by atoms with van der Waals surface area (Å²) in [6.45, 7) is 0.571. The maximum Gasteiger partial charge on any atom is 0.326 e. The smallest absolute Gasteiger partial charge is 0.326 e. The van der Waals surface area contributed by atoms with Crippen molar-refractivity contribution in [2.24, 2.45) is 0 Å². The van der Waals surface area contributed by atoms with Gasteiger partial charge in [0.15, 0.2) is 0 Å². The topological polar surface area (TPSA) is 86.3 Å². The van der Waals surface area contributed by atoms with E-state index in [-0.39, 0.29) is 5.02 Å². The molecular weight excluding hydrogens is 234 g/mol. The summed E-state index contributed by atoms with van der Waals surface area (Å²) in [6.07, 6.45) is 2.70. The third-order valence-electron chi connectivity index (χ3n) is 2.62. The Hall–Kier alpha value is -1.56. The number of hydrogen-bond donors (Lipinski definition) is 2. The van der Waals surface area contributed by atoms with Crippen LogP contribution >= 0.6 is 11.6 Å². The third-order valence-corrected chi connectivity index (χ3v) is 2.99. The second-order valence-electron chi connectivity index (χ2n) is 3.59. The zero-order valence-corrected chi connectivity index (χ0v) is 9.07. The highest BCUT2D eigenvalue weighted by Gasteiger charge is 2.32. The predicted octanol–water partition coefficient (Wildman–Crippen LogP) is 0.477. The number of nitrogens with one attached hydrogen (secondary N) is 1. The van der Waals surface area contributed by atoms with Gasteiger partial charge in [0.2, 0.25) is 0 Å². The zero-order valence-electron chi connectivity index (χ0n) is 8.31. The summed E-state index contributed by atoms with van der Waals surface area (Å²) >= 11 is 5.82. The van der Waals surface area contributed by atoms with E-state index >= 15 is 0 Å². The zero-order chi connectivity index (χ0) is 11.7. The largest absolute Gasteiger partial charge is 0.480 e. The van der Waals surface area contributed by atoms with Crippen LogP contribution in [-0.2, 0) is 4.79 Å². The van der Waals surface area contributed by atoms with E-state index in [1.165, 1.54) is 6.20 Å². The van der Waals surface area contributed by atoms with Crippen molar-refractivity contribution in [2.45, 2.75) is 18.9 Å². The number of aromatic nitrogens is 2. The first-order valence-corrected chi connectivity index (χ1v) is 5.21. The van der Waals surface area contributed by atoms with Gasteiger partial charge in [-0.15, -0.1) is 0 Å². The van der Waals surface area contributed by atoms with Gasteiger partial charge in [0.1, 0.15) is 11.1 Å². The van der Waals surface area contributed by atoms with E-state index in [0.29, 0.717) is 18.7 Å². The van der Waals surface area contributed by atoms with Crippen molar-refractivity contribution in [3.63, 3.8) is 0 Å². The summed E-state index contributed by atoms with van der Waals surface area (Å²) in [7, 11) is 0. The summed E-state index contributed by atoms with van der Waals surface area (Å²) in [5.74, 6) is -0.908. The molecule has 1 atom stereocenters. The number of rotatable bonds is 2. The molecule has 0 unspecified atom stereocenters. The van der Waals surface area contributed by atoms with E-state index in [2.05, 4.69) is 10.2 Å². The minimum absolute atomic E-state index is 0.0110. The second kappa shape index (κ2) is 4.13. The highest BCUT2D eigenvalue weighted by molar-refractivity contribution is 6.33. The van der Waals surface area contributed by atoms with E-state index in [0.717, 1.165) is 6.42 Å². The molecule has 0 aromatic carbocycles. The number of carboxylic acid groups (broad SMARTS) is 1. The molecule has 1 aromatic heterocycles. The number of hydrogen-bond acceptors (Lipinski definition) is 4. The molecule has 0 aliphatic carbocycles. The molecule has 1 aromatic rings. The van der Waals surface area contributed by atoms with Crippen molar-refractivity contribution in [2.75, 3.05) is 11.4 Å². The molecule has 2 rings (SSSR count). The molecule has 2 N–H and O–H groups in total. The van der Waals surface area contributed by atoms with E-state index in [1.807, 2.05) is 0 Å². The SMILES string of the molecule is O=C(O)[C@@H]1CCCN1c1cn[nH]c(=O)c1Cl. The quantitative estimate of drug-likeness (QED) is 0.789. The molecule has 0 saturated carbocycles. The number of nitrogens with zero attached hydrogens (tertiary/aromatic N) is 2. The van der Waals surface area contributed by atoms with Crippen LogP contribution in [-0.4, -0.2) is 33.9 Å². The average molecular weight is 244 g/mol. The Morgan fingerprint density at radius 3 is 3.12 bits per heavy atom. The minimum atomic E-state index is -0.908. The Balaban J connectivity index is 2.40. The lowest BCUT2D eigenvalue weighted by Gasteiger charge is -2.23. The second-order valence-corrected chi connectivity index (χ2v) is 3.97. The Morgan fingerprint density at radius 2 is 2.44 bits per heavy atom. The van der Waals surface area contributed by atoms with Crippen molar-refractivity contribution >= 4 is 23.3 Å². The lowest BCUT2D eigenvalue weighted by atomic mass is 10.2. The summed E-state index contributed by atoms with van der Waals surface area (Å²) in [6, 6.07) is -0.624. The van der Waals surface area contributed by atoms with Crippen LogP contribution in [0.1, 0.15) is 12.8 Å². The molecule has 1 saturated heterocycles. The maximum absolute atomic E-state index is 11.2. The normalized spacial score (nSPS) is 20.1. The summed E-state index contributed by atoms with van der Waals surface area (Å²) < 4.78 is 0. The average Bonchev–Trinajstić information content (AvgIpc) is 2.70.